The molecule has 1 amide bonds. The van der Waals surface area contributed by atoms with Gasteiger partial charge in [0.15, 0.2) is 0 Å². The number of likely N-dealkylation sites (tertiary alicyclic amines) is 1. The quantitative estimate of drug-likeness (QED) is 0.629. The summed E-state index contributed by atoms with van der Waals surface area (Å²) in [5.41, 5.74) is 0. The summed E-state index contributed by atoms with van der Waals surface area (Å²) in [6.45, 7) is 3.24. The van der Waals surface area contributed by atoms with Crippen molar-refractivity contribution in [3.8, 4) is 0 Å². The Morgan fingerprint density at radius 1 is 1.77 bits per heavy atom. The van der Waals surface area contributed by atoms with Crippen LogP contribution in [0.25, 0.3) is 0 Å². The van der Waals surface area contributed by atoms with Gasteiger partial charge >= 0.3 is 0 Å². The second-order valence-corrected chi connectivity index (χ2v) is 3.67. The lowest BCUT2D eigenvalue weighted by Gasteiger charge is -2.17. The van der Waals surface area contributed by atoms with Crippen molar-refractivity contribution in [1.82, 2.24) is 10.2 Å². The Labute approximate surface area is 78.9 Å². The molecule has 76 valence electrons. The van der Waals surface area contributed by atoms with Crippen molar-refractivity contribution in [3.63, 3.8) is 0 Å². The normalized spacial score (nSPS) is 24.8. The van der Waals surface area contributed by atoms with Crippen LogP contribution in [0.3, 0.4) is 0 Å². The molecule has 4 nitrogen and oxygen atoms in total. The predicted octanol–water partition coefficient (Wildman–Crippen LogP) is -0.422. The SMILES string of the molecule is CNC1CCN(C(=O)CC(C)O)C1. The summed E-state index contributed by atoms with van der Waals surface area (Å²) in [6.07, 6.45) is 0.736. The number of nitrogens with one attached hydrogen (secondary N) is 1. The average Bonchev–Trinajstić information content (AvgIpc) is 2.50. The number of hydrogen-bond donors (Lipinski definition) is 2. The maximum atomic E-state index is 11.5. The Morgan fingerprint density at radius 2 is 2.46 bits per heavy atom. The number of rotatable bonds is 3. The van der Waals surface area contributed by atoms with E-state index in [0.29, 0.717) is 6.04 Å². The van der Waals surface area contributed by atoms with E-state index in [1.165, 1.54) is 0 Å². The molecule has 1 saturated heterocycles. The molecule has 2 N–H and O–H groups in total. The zero-order valence-electron chi connectivity index (χ0n) is 8.29. The smallest absolute Gasteiger partial charge is 0.225 e. The van der Waals surface area contributed by atoms with Crippen molar-refractivity contribution in [2.24, 2.45) is 0 Å². The first-order chi connectivity index (χ1) is 6.13. The van der Waals surface area contributed by atoms with Gasteiger partial charge in [-0.2, -0.15) is 0 Å². The van der Waals surface area contributed by atoms with Crippen LogP contribution >= 0.6 is 0 Å². The van der Waals surface area contributed by atoms with Crippen molar-refractivity contribution < 1.29 is 9.90 Å². The number of likely N-dealkylation sites (N-methyl/N-ethyl adjacent to an activating group) is 1. The largest absolute Gasteiger partial charge is 0.393 e. The summed E-state index contributed by atoms with van der Waals surface area (Å²) in [5.74, 6) is 0.0627. The molecule has 1 fully saturated rings. The third kappa shape index (κ3) is 2.97. The number of hydrogen-bond acceptors (Lipinski definition) is 3. The van der Waals surface area contributed by atoms with Crippen molar-refractivity contribution in [2.75, 3.05) is 20.1 Å². The average molecular weight is 186 g/mol. The number of carbonyl (C=O) groups is 1. The van der Waals surface area contributed by atoms with Crippen LogP contribution in [0, 0.1) is 0 Å². The molecule has 0 aromatic heterocycles. The number of aliphatic hydroxyl groups excluding tert-OH is 1. The summed E-state index contributed by atoms with van der Waals surface area (Å²) < 4.78 is 0. The molecule has 0 bridgehead atoms. The zero-order chi connectivity index (χ0) is 9.84. The van der Waals surface area contributed by atoms with Crippen LogP contribution in [0.1, 0.15) is 19.8 Å². The van der Waals surface area contributed by atoms with E-state index in [4.69, 9.17) is 5.11 Å². The predicted molar refractivity (Wildman–Crippen MR) is 50.3 cm³/mol. The van der Waals surface area contributed by atoms with Gasteiger partial charge in [-0.05, 0) is 20.4 Å². The first-order valence-corrected chi connectivity index (χ1v) is 4.76. The fourth-order valence-corrected chi connectivity index (χ4v) is 1.60. The van der Waals surface area contributed by atoms with Crippen LogP contribution in [0.15, 0.2) is 0 Å². The van der Waals surface area contributed by atoms with E-state index in [0.717, 1.165) is 19.5 Å². The maximum Gasteiger partial charge on any atom is 0.225 e. The molecule has 0 radical (unpaired) electrons. The van der Waals surface area contributed by atoms with Gasteiger partial charge in [-0.3, -0.25) is 4.79 Å². The van der Waals surface area contributed by atoms with Gasteiger partial charge in [0, 0.05) is 19.1 Å². The van der Waals surface area contributed by atoms with Crippen molar-refractivity contribution in [1.29, 1.82) is 0 Å². The molecule has 0 aromatic rings. The van der Waals surface area contributed by atoms with E-state index < -0.39 is 6.10 Å². The second-order valence-electron chi connectivity index (χ2n) is 3.67. The zero-order valence-corrected chi connectivity index (χ0v) is 8.29. The standard InChI is InChI=1S/C9H18N2O2/c1-7(12)5-9(13)11-4-3-8(6-11)10-2/h7-8,10,12H,3-6H2,1-2H3. The van der Waals surface area contributed by atoms with Crippen molar-refractivity contribution in [2.45, 2.75) is 31.9 Å². The summed E-state index contributed by atoms with van der Waals surface area (Å²) in [5, 5.41) is 12.2. The Bertz CT molecular complexity index is 182. The minimum Gasteiger partial charge on any atom is -0.393 e. The molecule has 0 spiro atoms. The molecule has 1 aliphatic heterocycles. The maximum absolute atomic E-state index is 11.5. The molecule has 1 aliphatic rings. The molecule has 4 heteroatoms. The van der Waals surface area contributed by atoms with E-state index >= 15 is 0 Å². The van der Waals surface area contributed by atoms with Crippen LogP contribution in [0.5, 0.6) is 0 Å². The molecule has 2 atom stereocenters. The summed E-state index contributed by atoms with van der Waals surface area (Å²) in [7, 11) is 1.91. The summed E-state index contributed by atoms with van der Waals surface area (Å²) >= 11 is 0. The fraction of sp³-hybridized carbons (Fsp3) is 0.889. The first-order valence-electron chi connectivity index (χ1n) is 4.76. The van der Waals surface area contributed by atoms with Gasteiger partial charge < -0.3 is 15.3 Å². The number of carbonyl (C=O) groups excluding carboxylic acids is 1. The van der Waals surface area contributed by atoms with E-state index in [2.05, 4.69) is 5.32 Å². The molecule has 2 unspecified atom stereocenters. The highest BCUT2D eigenvalue weighted by molar-refractivity contribution is 5.77. The van der Waals surface area contributed by atoms with E-state index in [9.17, 15) is 4.79 Å². The Morgan fingerprint density at radius 3 is 2.92 bits per heavy atom. The van der Waals surface area contributed by atoms with Gasteiger partial charge in [0.05, 0.1) is 12.5 Å². The lowest BCUT2D eigenvalue weighted by molar-refractivity contribution is -0.131. The van der Waals surface area contributed by atoms with Gasteiger partial charge in [-0.25, -0.2) is 0 Å². The summed E-state index contributed by atoms with van der Waals surface area (Å²) in [4.78, 5) is 13.3. The lowest BCUT2D eigenvalue weighted by Crippen LogP contribution is -2.34. The third-order valence-electron chi connectivity index (χ3n) is 2.42. The molecule has 1 rings (SSSR count). The molecule has 0 aromatic carbocycles. The minimum atomic E-state index is -0.527. The first kappa shape index (κ1) is 10.5. The van der Waals surface area contributed by atoms with E-state index in [1.807, 2.05) is 11.9 Å². The fourth-order valence-electron chi connectivity index (χ4n) is 1.60. The van der Waals surface area contributed by atoms with Crippen LogP contribution in [0.2, 0.25) is 0 Å². The van der Waals surface area contributed by atoms with Crippen LogP contribution in [0.4, 0.5) is 0 Å². The molecule has 13 heavy (non-hydrogen) atoms. The van der Waals surface area contributed by atoms with Crippen molar-refractivity contribution in [3.05, 3.63) is 0 Å². The second kappa shape index (κ2) is 4.58. The summed E-state index contributed by atoms with van der Waals surface area (Å²) in [6, 6.07) is 0.429. The van der Waals surface area contributed by atoms with Gasteiger partial charge in [0.25, 0.3) is 0 Å². The number of aliphatic hydroxyl groups is 1. The van der Waals surface area contributed by atoms with Gasteiger partial charge in [-0.15, -0.1) is 0 Å². The Kier molecular flexibility index (Phi) is 3.69. The van der Waals surface area contributed by atoms with Gasteiger partial charge in [0.1, 0.15) is 0 Å². The van der Waals surface area contributed by atoms with E-state index in [-0.39, 0.29) is 12.3 Å². The van der Waals surface area contributed by atoms with Crippen molar-refractivity contribution >= 4 is 5.91 Å². The monoisotopic (exact) mass is 186 g/mol. The third-order valence-corrected chi connectivity index (χ3v) is 2.42. The van der Waals surface area contributed by atoms with Crippen LogP contribution in [-0.4, -0.2) is 48.2 Å². The molecular formula is C9H18N2O2. The Balaban J connectivity index is 2.33. The molecule has 0 aliphatic carbocycles. The van der Waals surface area contributed by atoms with Crippen LogP contribution < -0.4 is 5.32 Å². The highest BCUT2D eigenvalue weighted by atomic mass is 16.3. The molecular weight excluding hydrogens is 168 g/mol. The molecule has 1 heterocycles. The van der Waals surface area contributed by atoms with E-state index in [1.54, 1.807) is 6.92 Å². The van der Waals surface area contributed by atoms with Gasteiger partial charge in [-0.1, -0.05) is 0 Å². The Hall–Kier alpha value is -0.610. The minimum absolute atomic E-state index is 0.0627. The highest BCUT2D eigenvalue weighted by Gasteiger charge is 2.25. The highest BCUT2D eigenvalue weighted by Crippen LogP contribution is 2.10. The van der Waals surface area contributed by atoms with Crippen LogP contribution in [-0.2, 0) is 4.79 Å². The number of amides is 1. The lowest BCUT2D eigenvalue weighted by atomic mass is 10.2. The van der Waals surface area contributed by atoms with Gasteiger partial charge in [0.2, 0.25) is 5.91 Å². The number of nitrogens with zero attached hydrogens (tertiary/aromatic N) is 1. The molecule has 0 saturated carbocycles. The topological polar surface area (TPSA) is 52.6 Å².